The number of azo groups is 1. The molecule has 0 saturated carbocycles. The number of carbonyl (C=O) groups is 1. The molecule has 1 amide bonds. The highest BCUT2D eigenvalue weighted by atomic mass is 16.5. The molecule has 1 aliphatic rings. The molecule has 0 spiro atoms. The van der Waals surface area contributed by atoms with Crippen LogP contribution in [0.25, 0.3) is 16.5 Å². The number of ether oxygens (including phenoxy) is 1. The number of carbonyl (C=O) groups excluding carboxylic acids is 1. The Bertz CT molecular complexity index is 1120. The summed E-state index contributed by atoms with van der Waals surface area (Å²) in [4.78, 5) is 16.1. The number of pyridine rings is 1. The molecule has 0 bridgehead atoms. The number of hydrogen-bond acceptors (Lipinski definition) is 5. The van der Waals surface area contributed by atoms with Gasteiger partial charge in [-0.2, -0.15) is 10.2 Å². The van der Waals surface area contributed by atoms with Gasteiger partial charge in [0.15, 0.2) is 0 Å². The predicted molar refractivity (Wildman–Crippen MR) is 96.7 cm³/mol. The molecule has 0 aliphatic carbocycles. The van der Waals surface area contributed by atoms with Crippen molar-refractivity contribution in [3.63, 3.8) is 0 Å². The molecule has 0 radical (unpaired) electrons. The molecule has 128 valence electrons. The summed E-state index contributed by atoms with van der Waals surface area (Å²) < 4.78 is 5.93. The lowest BCUT2D eigenvalue weighted by atomic mass is 9.92. The van der Waals surface area contributed by atoms with Crippen LogP contribution in [0.3, 0.4) is 0 Å². The van der Waals surface area contributed by atoms with E-state index in [4.69, 9.17) is 4.74 Å². The van der Waals surface area contributed by atoms with Crippen molar-refractivity contribution in [2.45, 2.75) is 13.8 Å². The van der Waals surface area contributed by atoms with Gasteiger partial charge in [0.25, 0.3) is 5.91 Å². The van der Waals surface area contributed by atoms with E-state index in [0.29, 0.717) is 28.5 Å². The molecular weight excluding hydrogens is 330 g/mol. The van der Waals surface area contributed by atoms with Crippen LogP contribution in [-0.4, -0.2) is 21.1 Å². The van der Waals surface area contributed by atoms with Crippen LogP contribution in [-0.2, 0) is 4.79 Å². The van der Waals surface area contributed by atoms with E-state index in [1.54, 1.807) is 12.4 Å². The van der Waals surface area contributed by atoms with Crippen molar-refractivity contribution in [3.05, 3.63) is 65.6 Å². The fourth-order valence-electron chi connectivity index (χ4n) is 2.93. The first-order valence-corrected chi connectivity index (χ1v) is 7.98. The summed E-state index contributed by atoms with van der Waals surface area (Å²) in [6.45, 7) is 7.60. The molecule has 1 N–H and O–H groups in total. The number of allylic oxidation sites excluding steroid dienone is 1. The van der Waals surface area contributed by atoms with E-state index in [9.17, 15) is 4.79 Å². The zero-order valence-corrected chi connectivity index (χ0v) is 14.3. The first-order chi connectivity index (χ1) is 12.5. The topological polar surface area (TPSA) is 92.6 Å². The van der Waals surface area contributed by atoms with Gasteiger partial charge >= 0.3 is 0 Å². The molecule has 0 unspecified atom stereocenters. The molecule has 1 aliphatic heterocycles. The minimum Gasteiger partial charge on any atom is -0.438 e. The zero-order chi connectivity index (χ0) is 18.3. The van der Waals surface area contributed by atoms with Gasteiger partial charge in [-0.25, -0.2) is 4.98 Å². The molecule has 1 aromatic carbocycles. The number of amides is 1. The van der Waals surface area contributed by atoms with Gasteiger partial charge in [-0.15, -0.1) is 5.11 Å². The third-order valence-corrected chi connectivity index (χ3v) is 4.23. The minimum absolute atomic E-state index is 0.346. The first kappa shape index (κ1) is 15.9. The predicted octanol–water partition coefficient (Wildman–Crippen LogP) is 4.34. The highest BCUT2D eigenvalue weighted by Gasteiger charge is 2.22. The summed E-state index contributed by atoms with van der Waals surface area (Å²) >= 11 is 0. The van der Waals surface area contributed by atoms with Crippen LogP contribution >= 0.6 is 0 Å². The average Bonchev–Trinajstić information content (AvgIpc) is 3.10. The number of nitrogens with zero attached hydrogens (tertiary/aromatic N) is 4. The fourth-order valence-corrected chi connectivity index (χ4v) is 2.93. The van der Waals surface area contributed by atoms with Crippen molar-refractivity contribution >= 4 is 22.4 Å². The van der Waals surface area contributed by atoms with E-state index >= 15 is 0 Å². The Kier molecular flexibility index (Phi) is 3.69. The summed E-state index contributed by atoms with van der Waals surface area (Å²) in [5.41, 5.74) is 4.38. The molecule has 0 atom stereocenters. The molecule has 2 aromatic heterocycles. The van der Waals surface area contributed by atoms with Crippen LogP contribution < -0.4 is 4.74 Å². The van der Waals surface area contributed by atoms with Crippen LogP contribution in [0.15, 0.2) is 64.7 Å². The molecule has 4 rings (SSSR count). The van der Waals surface area contributed by atoms with Crippen molar-refractivity contribution in [1.82, 2.24) is 15.2 Å². The average molecular weight is 345 g/mol. The van der Waals surface area contributed by atoms with E-state index < -0.39 is 5.91 Å². The lowest BCUT2D eigenvalue weighted by Crippen LogP contribution is -2.07. The number of fused-ring (bicyclic) bond motifs is 1. The van der Waals surface area contributed by atoms with E-state index in [2.05, 4.69) is 32.0 Å². The highest BCUT2D eigenvalue weighted by Crippen LogP contribution is 2.35. The minimum atomic E-state index is -0.416. The summed E-state index contributed by atoms with van der Waals surface area (Å²) in [6, 6.07) is 7.43. The van der Waals surface area contributed by atoms with Gasteiger partial charge in [0.2, 0.25) is 5.88 Å². The van der Waals surface area contributed by atoms with Gasteiger partial charge < -0.3 is 4.74 Å². The third-order valence-electron chi connectivity index (χ3n) is 4.23. The highest BCUT2D eigenvalue weighted by molar-refractivity contribution is 6.10. The van der Waals surface area contributed by atoms with Crippen LogP contribution in [0.5, 0.6) is 11.6 Å². The van der Waals surface area contributed by atoms with Crippen molar-refractivity contribution < 1.29 is 9.53 Å². The van der Waals surface area contributed by atoms with Gasteiger partial charge in [-0.1, -0.05) is 12.6 Å². The van der Waals surface area contributed by atoms with Gasteiger partial charge in [-0.3, -0.25) is 9.89 Å². The maximum absolute atomic E-state index is 11.8. The Labute approximate surface area is 149 Å². The third kappa shape index (κ3) is 2.59. The second kappa shape index (κ2) is 6.03. The molecule has 3 heterocycles. The normalized spacial score (nSPS) is 14.4. The Hall–Kier alpha value is -3.61. The van der Waals surface area contributed by atoms with Gasteiger partial charge in [0.1, 0.15) is 5.75 Å². The summed E-state index contributed by atoms with van der Waals surface area (Å²) in [5, 5.41) is 15.2. The SMILES string of the molecule is C=C1C(=O)N=NC(C)=C1c1ccc(Oc2nccc3[nH]ncc23)cc1C. The second-order valence-corrected chi connectivity index (χ2v) is 5.97. The van der Waals surface area contributed by atoms with Crippen molar-refractivity contribution in [2.75, 3.05) is 0 Å². The van der Waals surface area contributed by atoms with Crippen molar-refractivity contribution in [1.29, 1.82) is 0 Å². The number of H-pyrrole nitrogens is 1. The molecule has 0 fully saturated rings. The van der Waals surface area contributed by atoms with Crippen molar-refractivity contribution in [2.24, 2.45) is 10.2 Å². The second-order valence-electron chi connectivity index (χ2n) is 5.97. The Morgan fingerprint density at radius 1 is 1.15 bits per heavy atom. The number of aromatic amines is 1. The van der Waals surface area contributed by atoms with Gasteiger partial charge in [0.05, 0.1) is 22.8 Å². The number of hydrogen-bond donors (Lipinski definition) is 1. The van der Waals surface area contributed by atoms with E-state index in [1.165, 1.54) is 0 Å². The molecule has 7 nitrogen and oxygen atoms in total. The number of benzene rings is 1. The molecule has 3 aromatic rings. The number of aryl methyl sites for hydroxylation is 1. The van der Waals surface area contributed by atoms with E-state index in [1.807, 2.05) is 38.1 Å². The monoisotopic (exact) mass is 345 g/mol. The summed E-state index contributed by atoms with van der Waals surface area (Å²) in [6.07, 6.45) is 3.34. The van der Waals surface area contributed by atoms with Gasteiger partial charge in [-0.05, 0) is 43.2 Å². The van der Waals surface area contributed by atoms with E-state index in [-0.39, 0.29) is 0 Å². The lowest BCUT2D eigenvalue weighted by Gasteiger charge is -2.16. The van der Waals surface area contributed by atoms with Crippen LogP contribution in [0.2, 0.25) is 0 Å². The maximum Gasteiger partial charge on any atom is 0.295 e. The van der Waals surface area contributed by atoms with E-state index in [0.717, 1.165) is 22.0 Å². The first-order valence-electron chi connectivity index (χ1n) is 7.98. The molecule has 26 heavy (non-hydrogen) atoms. The Balaban J connectivity index is 1.71. The van der Waals surface area contributed by atoms with Crippen LogP contribution in [0.1, 0.15) is 18.1 Å². The smallest absolute Gasteiger partial charge is 0.295 e. The van der Waals surface area contributed by atoms with Gasteiger partial charge in [0, 0.05) is 17.3 Å². The standard InChI is InChI=1S/C19H15N5O2/c1-10-8-13(26-19-15-9-21-23-16(15)6-7-20-19)4-5-14(10)17-11(2)18(25)24-22-12(17)3/h4-9H,2H2,1,3H3,(H,21,23). The lowest BCUT2D eigenvalue weighted by molar-refractivity contribution is -0.114. The fraction of sp³-hybridized carbons (Fsp3) is 0.105. The molecule has 7 heteroatoms. The number of rotatable bonds is 3. The molecular formula is C19H15N5O2. The maximum atomic E-state index is 11.8. The Morgan fingerprint density at radius 3 is 2.81 bits per heavy atom. The number of nitrogens with one attached hydrogen (secondary N) is 1. The Morgan fingerprint density at radius 2 is 2.00 bits per heavy atom. The zero-order valence-electron chi connectivity index (χ0n) is 14.3. The van der Waals surface area contributed by atoms with Crippen LogP contribution in [0, 0.1) is 6.92 Å². The summed E-state index contributed by atoms with van der Waals surface area (Å²) in [5.74, 6) is 0.700. The molecule has 0 saturated heterocycles. The number of aromatic nitrogens is 3. The van der Waals surface area contributed by atoms with Crippen LogP contribution in [0.4, 0.5) is 0 Å². The largest absolute Gasteiger partial charge is 0.438 e. The summed E-state index contributed by atoms with van der Waals surface area (Å²) in [7, 11) is 0. The van der Waals surface area contributed by atoms with Crippen molar-refractivity contribution in [3.8, 4) is 11.6 Å². The quantitative estimate of drug-likeness (QED) is 0.715.